The summed E-state index contributed by atoms with van der Waals surface area (Å²) >= 11 is 8.45. The molecule has 3 aromatic rings. The number of carbonyl (C=O) groups is 4. The van der Waals surface area contributed by atoms with Gasteiger partial charge in [0.1, 0.15) is 32.8 Å². The summed E-state index contributed by atoms with van der Waals surface area (Å²) in [6, 6.07) is 4.75. The minimum Gasteiger partial charge on any atom is -0.478 e. The maximum atomic E-state index is 13.3. The molecule has 220 valence electrons. The number of allylic oxidation sites excluding steroid dienone is 1. The van der Waals surface area contributed by atoms with E-state index in [2.05, 4.69) is 15.5 Å². The molecular formula is C25H26ClN8O6S2+. The van der Waals surface area contributed by atoms with E-state index in [9.17, 15) is 19.2 Å². The third-order valence-corrected chi connectivity index (χ3v) is 9.26. The average molecular weight is 634 g/mol. The van der Waals surface area contributed by atoms with Crippen molar-refractivity contribution in [3.8, 4) is 0 Å². The fourth-order valence-electron chi connectivity index (χ4n) is 4.75. The zero-order valence-corrected chi connectivity index (χ0v) is 24.7. The number of thioether (sulfide) groups is 1. The van der Waals surface area contributed by atoms with Crippen molar-refractivity contribution in [3.05, 3.63) is 45.7 Å². The van der Waals surface area contributed by atoms with Gasteiger partial charge in [0.15, 0.2) is 29.9 Å². The number of nitrogens with two attached hydrogens (primary N) is 2. The van der Waals surface area contributed by atoms with Crippen LogP contribution in [0.5, 0.6) is 0 Å². The molecule has 1 fully saturated rings. The molecule has 2 aliphatic rings. The highest BCUT2D eigenvalue weighted by Crippen LogP contribution is 2.40. The number of carbonyl (C=O) groups excluding carboxylic acids is 3. The Bertz CT molecular complexity index is 1680. The lowest BCUT2D eigenvalue weighted by Crippen LogP contribution is -2.70. The molecule has 2 unspecified atom stereocenters. The van der Waals surface area contributed by atoms with Gasteiger partial charge in [-0.3, -0.25) is 19.3 Å². The van der Waals surface area contributed by atoms with Crippen LogP contribution in [0.25, 0.3) is 11.0 Å². The van der Waals surface area contributed by atoms with E-state index in [1.54, 1.807) is 0 Å². The number of nitrogens with one attached hydrogen (secondary N) is 1. The Hall–Kier alpha value is -4.15. The van der Waals surface area contributed by atoms with E-state index in [1.165, 1.54) is 23.6 Å². The Kier molecular flexibility index (Phi) is 8.12. The molecule has 0 aliphatic carbocycles. The van der Waals surface area contributed by atoms with Gasteiger partial charge in [-0.05, 0) is 19.9 Å². The molecule has 3 aromatic heterocycles. The summed E-state index contributed by atoms with van der Waals surface area (Å²) in [7, 11) is 0. The Morgan fingerprint density at radius 2 is 2.19 bits per heavy atom. The summed E-state index contributed by atoms with van der Waals surface area (Å²) in [5, 5.41) is 14.9. The highest BCUT2D eigenvalue weighted by Gasteiger charge is 2.53. The predicted octanol–water partition coefficient (Wildman–Crippen LogP) is 0.970. The van der Waals surface area contributed by atoms with Crippen LogP contribution in [0, 0.1) is 0 Å². The predicted molar refractivity (Wildman–Crippen MR) is 157 cm³/mol. The van der Waals surface area contributed by atoms with Gasteiger partial charge in [-0.25, -0.2) is 9.78 Å². The number of aryl methyl sites for hydroxylation is 1. The summed E-state index contributed by atoms with van der Waals surface area (Å²) in [5.74, 6) is -1.62. The lowest BCUT2D eigenvalue weighted by molar-refractivity contribution is -0.663. The van der Waals surface area contributed by atoms with E-state index < -0.39 is 41.0 Å². The number of halogens is 1. The molecule has 6 N–H and O–H groups in total. The number of pyridine rings is 1. The van der Waals surface area contributed by atoms with Crippen LogP contribution in [0.2, 0.25) is 4.34 Å². The van der Waals surface area contributed by atoms with Crippen LogP contribution < -0.4 is 21.4 Å². The summed E-state index contributed by atoms with van der Waals surface area (Å²) < 4.78 is 3.99. The molecule has 42 heavy (non-hydrogen) atoms. The number of carboxylic acids is 1. The van der Waals surface area contributed by atoms with Crippen LogP contribution in [0.3, 0.4) is 0 Å². The number of nitrogen functional groups attached to an aromatic ring is 2. The van der Waals surface area contributed by atoms with Crippen molar-refractivity contribution in [1.29, 1.82) is 0 Å². The van der Waals surface area contributed by atoms with Gasteiger partial charge < -0.3 is 31.3 Å². The summed E-state index contributed by atoms with van der Waals surface area (Å²) in [6.07, 6.45) is 1.16. The van der Waals surface area contributed by atoms with Crippen LogP contribution in [-0.4, -0.2) is 72.6 Å². The second-order valence-electron chi connectivity index (χ2n) is 9.39. The van der Waals surface area contributed by atoms with E-state index in [0.29, 0.717) is 30.9 Å². The Morgan fingerprint density at radius 3 is 2.83 bits per heavy atom. The van der Waals surface area contributed by atoms with Gasteiger partial charge in [-0.15, -0.1) is 11.8 Å². The Morgan fingerprint density at radius 1 is 1.43 bits per heavy atom. The highest BCUT2D eigenvalue weighted by atomic mass is 35.5. The standard InChI is InChI=1S/C25H25ClN8O6S2/c1-3-33-13-5-4-6-32(14(13)7-16(33)27)8-12-10-41-23-19(22(37)34(23)15(12)9-35)29-21(36)18(31-40-11(2)24(38)39)17-20(26)42-25(28)30-17/h4-7,9,11,19,23,27H,3,8,10H2,1-2H3,(H4,28,29,30,36,38,39)/p+1/b31-18-/t11-,19?,23?/m0/s1. The van der Waals surface area contributed by atoms with Crippen LogP contribution in [0.4, 0.5) is 10.9 Å². The number of nitrogens with zero attached hydrogens (tertiary/aromatic N) is 5. The fraction of sp³-hybridized carbons (Fsp3) is 0.320. The first-order valence-corrected chi connectivity index (χ1v) is 14.9. The maximum Gasteiger partial charge on any atom is 0.347 e. The smallest absolute Gasteiger partial charge is 0.347 e. The second kappa shape index (κ2) is 11.6. The number of β-lactam (4-membered cyclic amide) rings is 1. The largest absolute Gasteiger partial charge is 0.478 e. The van der Waals surface area contributed by atoms with Crippen molar-refractivity contribution in [2.24, 2.45) is 5.16 Å². The third kappa shape index (κ3) is 5.16. The number of hydrogen-bond acceptors (Lipinski definition) is 11. The van der Waals surface area contributed by atoms with Crippen molar-refractivity contribution in [2.75, 3.05) is 17.2 Å². The number of hydrogen-bond donors (Lipinski definition) is 4. The van der Waals surface area contributed by atoms with Crippen LogP contribution >= 0.6 is 34.7 Å². The van der Waals surface area contributed by atoms with Crippen LogP contribution in [-0.2, 0) is 37.1 Å². The molecule has 0 aromatic carbocycles. The van der Waals surface area contributed by atoms with Crippen molar-refractivity contribution in [3.63, 3.8) is 0 Å². The summed E-state index contributed by atoms with van der Waals surface area (Å²) in [4.78, 5) is 60.2. The Labute approximate surface area is 251 Å². The second-order valence-corrected chi connectivity index (χ2v) is 12.1. The first-order valence-electron chi connectivity index (χ1n) is 12.6. The minimum atomic E-state index is -1.38. The molecule has 1 saturated heterocycles. The van der Waals surface area contributed by atoms with Gasteiger partial charge in [0.05, 0.1) is 11.8 Å². The number of fused-ring (bicyclic) bond motifs is 2. The average Bonchev–Trinajstić information content (AvgIpc) is 3.48. The van der Waals surface area contributed by atoms with Crippen molar-refractivity contribution < 1.29 is 33.7 Å². The lowest BCUT2D eigenvalue weighted by Gasteiger charge is -2.49. The molecular weight excluding hydrogens is 608 g/mol. The molecule has 2 amide bonds. The molecule has 5 rings (SSSR count). The quantitative estimate of drug-likeness (QED) is 0.0820. The molecule has 17 heteroatoms. The van der Waals surface area contributed by atoms with E-state index in [4.69, 9.17) is 33.0 Å². The summed E-state index contributed by atoms with van der Waals surface area (Å²) in [5.41, 5.74) is 14.2. The lowest BCUT2D eigenvalue weighted by atomic mass is 10.0. The van der Waals surface area contributed by atoms with Gasteiger partial charge in [0.2, 0.25) is 11.6 Å². The molecule has 0 saturated carbocycles. The molecule has 0 spiro atoms. The number of amides is 2. The summed E-state index contributed by atoms with van der Waals surface area (Å²) in [6.45, 7) is 4.29. The molecule has 0 radical (unpaired) electrons. The number of thiazole rings is 1. The zero-order valence-electron chi connectivity index (χ0n) is 22.3. The Balaban J connectivity index is 1.37. The van der Waals surface area contributed by atoms with Gasteiger partial charge in [0.25, 0.3) is 11.8 Å². The fourth-order valence-corrected chi connectivity index (χ4v) is 7.04. The first-order chi connectivity index (χ1) is 20.0. The van der Waals surface area contributed by atoms with Gasteiger partial charge in [-0.1, -0.05) is 28.1 Å². The normalized spacial score (nSPS) is 19.4. The SMILES string of the molecule is CCn1c(N)cc2c1ccc[n+]2CC1=C(C=O)N2C(=O)C(NC(=O)/C(=N\O[C@@H](C)C(=O)O)c3nc(N)sc3Cl)C2SC1. The number of aromatic nitrogens is 3. The third-order valence-electron chi connectivity index (χ3n) is 6.84. The monoisotopic (exact) mass is 633 g/mol. The molecule has 14 nitrogen and oxygen atoms in total. The molecule has 0 bridgehead atoms. The van der Waals surface area contributed by atoms with Crippen LogP contribution in [0.15, 0.2) is 40.8 Å². The number of aliphatic carboxylic acids is 1. The van der Waals surface area contributed by atoms with E-state index in [-0.39, 0.29) is 20.9 Å². The maximum absolute atomic E-state index is 13.3. The van der Waals surface area contributed by atoms with Gasteiger partial charge in [-0.2, -0.15) is 4.57 Å². The van der Waals surface area contributed by atoms with Gasteiger partial charge >= 0.3 is 5.97 Å². The van der Waals surface area contributed by atoms with Gasteiger partial charge in [0, 0.05) is 23.9 Å². The molecule has 2 aliphatic heterocycles. The number of aldehydes is 1. The van der Waals surface area contributed by atoms with E-state index >= 15 is 0 Å². The van der Waals surface area contributed by atoms with Crippen LogP contribution in [0.1, 0.15) is 19.5 Å². The minimum absolute atomic E-state index is 0.0287. The topological polar surface area (TPSA) is 199 Å². The number of oxime groups is 1. The molecule has 3 atom stereocenters. The number of carboxylic acid groups (broad SMARTS) is 1. The van der Waals surface area contributed by atoms with E-state index in [0.717, 1.165) is 27.9 Å². The number of rotatable bonds is 10. The van der Waals surface area contributed by atoms with Crippen molar-refractivity contribution >= 4 is 86.5 Å². The number of anilines is 2. The van der Waals surface area contributed by atoms with Crippen molar-refractivity contribution in [1.82, 2.24) is 19.8 Å². The highest BCUT2D eigenvalue weighted by molar-refractivity contribution is 8.00. The van der Waals surface area contributed by atoms with E-state index in [1.807, 2.05) is 40.5 Å². The molecule has 5 heterocycles. The first kappa shape index (κ1) is 29.3. The van der Waals surface area contributed by atoms with Crippen molar-refractivity contribution in [2.45, 2.75) is 44.5 Å². The zero-order chi connectivity index (χ0) is 30.3.